The van der Waals surface area contributed by atoms with Gasteiger partial charge in [0.05, 0.1) is 18.2 Å². The first-order valence-electron chi connectivity index (χ1n) is 8.67. The van der Waals surface area contributed by atoms with Gasteiger partial charge in [0, 0.05) is 23.9 Å². The van der Waals surface area contributed by atoms with Crippen molar-refractivity contribution in [1.29, 1.82) is 0 Å². The molecule has 0 bridgehead atoms. The maximum atomic E-state index is 11.6. The van der Waals surface area contributed by atoms with Crippen LogP contribution in [0, 0.1) is 0 Å². The fourth-order valence-electron chi connectivity index (χ4n) is 2.90. The lowest BCUT2D eigenvalue weighted by molar-refractivity contribution is -0.117. The minimum absolute atomic E-state index is 0.0780. The van der Waals surface area contributed by atoms with Gasteiger partial charge in [-0.2, -0.15) is 0 Å². The maximum Gasteiger partial charge on any atom is 0.246 e. The van der Waals surface area contributed by atoms with Gasteiger partial charge >= 0.3 is 0 Å². The lowest BCUT2D eigenvalue weighted by Gasteiger charge is -2.07. The Labute approximate surface area is 156 Å². The molecule has 2 aromatic carbocycles. The van der Waals surface area contributed by atoms with E-state index in [9.17, 15) is 4.79 Å². The van der Waals surface area contributed by atoms with E-state index in [0.717, 1.165) is 27.9 Å². The van der Waals surface area contributed by atoms with Crippen LogP contribution in [0.1, 0.15) is 12.8 Å². The molecule has 1 amide bonds. The second kappa shape index (κ2) is 7.37. The van der Waals surface area contributed by atoms with E-state index in [2.05, 4.69) is 20.3 Å². The van der Waals surface area contributed by atoms with Gasteiger partial charge in [-0.15, -0.1) is 0 Å². The molecule has 0 unspecified atom stereocenters. The van der Waals surface area contributed by atoms with Crippen molar-refractivity contribution in [2.24, 2.45) is 4.99 Å². The number of rotatable bonds is 4. The summed E-state index contributed by atoms with van der Waals surface area (Å²) in [5, 5.41) is 4.87. The SMILES string of the molecule is COc1ccc(Nc2nccc(-c3ccc4c(c3)=CCCC(=O)N=4)n2)cc1. The number of hydrogen-bond donors (Lipinski definition) is 1. The Kier molecular flexibility index (Phi) is 4.61. The molecule has 0 aliphatic carbocycles. The average molecular weight is 358 g/mol. The van der Waals surface area contributed by atoms with Gasteiger partial charge in [-0.25, -0.2) is 15.0 Å². The first-order valence-corrected chi connectivity index (χ1v) is 8.67. The molecular weight excluding hydrogens is 340 g/mol. The number of ether oxygens (including phenoxy) is 1. The highest BCUT2D eigenvalue weighted by atomic mass is 16.5. The number of nitrogens with one attached hydrogen (secondary N) is 1. The van der Waals surface area contributed by atoms with Gasteiger partial charge in [0.15, 0.2) is 0 Å². The highest BCUT2D eigenvalue weighted by Gasteiger charge is 2.06. The van der Waals surface area contributed by atoms with Gasteiger partial charge in [0.2, 0.25) is 11.9 Å². The van der Waals surface area contributed by atoms with Crippen LogP contribution >= 0.6 is 0 Å². The van der Waals surface area contributed by atoms with E-state index in [4.69, 9.17) is 4.74 Å². The van der Waals surface area contributed by atoms with Crippen molar-refractivity contribution < 1.29 is 9.53 Å². The van der Waals surface area contributed by atoms with E-state index < -0.39 is 0 Å². The summed E-state index contributed by atoms with van der Waals surface area (Å²) in [6, 6.07) is 15.2. The summed E-state index contributed by atoms with van der Waals surface area (Å²) < 4.78 is 5.17. The quantitative estimate of drug-likeness (QED) is 0.776. The maximum absolute atomic E-state index is 11.6. The zero-order valence-electron chi connectivity index (χ0n) is 14.8. The lowest BCUT2D eigenvalue weighted by Crippen LogP contribution is -2.24. The number of benzene rings is 2. The Morgan fingerprint density at radius 1 is 1.07 bits per heavy atom. The normalized spacial score (nSPS) is 13.0. The highest BCUT2D eigenvalue weighted by molar-refractivity contribution is 5.78. The number of carbonyl (C=O) groups is 1. The van der Waals surface area contributed by atoms with Crippen LogP contribution < -0.4 is 20.6 Å². The van der Waals surface area contributed by atoms with Crippen LogP contribution in [0.3, 0.4) is 0 Å². The van der Waals surface area contributed by atoms with Gasteiger partial charge in [-0.05, 0) is 54.1 Å². The Hall–Kier alpha value is -3.54. The van der Waals surface area contributed by atoms with Gasteiger partial charge in [-0.3, -0.25) is 4.79 Å². The van der Waals surface area contributed by atoms with Gasteiger partial charge < -0.3 is 10.1 Å². The van der Waals surface area contributed by atoms with Crippen LogP contribution in [0.2, 0.25) is 0 Å². The molecule has 6 nitrogen and oxygen atoms in total. The zero-order chi connectivity index (χ0) is 18.6. The van der Waals surface area contributed by atoms with Crippen LogP contribution in [0.15, 0.2) is 59.7 Å². The summed E-state index contributed by atoms with van der Waals surface area (Å²) >= 11 is 0. The molecule has 2 heterocycles. The number of nitrogens with zero attached hydrogens (tertiary/aromatic N) is 3. The summed E-state index contributed by atoms with van der Waals surface area (Å²) in [4.78, 5) is 24.7. The molecule has 0 radical (unpaired) electrons. The molecule has 0 spiro atoms. The second-order valence-electron chi connectivity index (χ2n) is 6.14. The molecule has 1 N–H and O–H groups in total. The number of methoxy groups -OCH3 is 1. The van der Waals surface area contributed by atoms with E-state index in [0.29, 0.717) is 24.1 Å². The van der Waals surface area contributed by atoms with Crippen molar-refractivity contribution in [1.82, 2.24) is 9.97 Å². The number of anilines is 2. The van der Waals surface area contributed by atoms with E-state index in [-0.39, 0.29) is 5.91 Å². The first-order chi connectivity index (χ1) is 13.2. The third-order valence-corrected chi connectivity index (χ3v) is 4.29. The van der Waals surface area contributed by atoms with Crippen molar-refractivity contribution in [3.63, 3.8) is 0 Å². The van der Waals surface area contributed by atoms with Gasteiger partial charge in [0.25, 0.3) is 0 Å². The minimum atomic E-state index is -0.0780. The molecule has 0 fully saturated rings. The average Bonchev–Trinajstić information content (AvgIpc) is 2.88. The summed E-state index contributed by atoms with van der Waals surface area (Å²) in [7, 11) is 1.64. The third-order valence-electron chi connectivity index (χ3n) is 4.29. The third kappa shape index (κ3) is 3.84. The highest BCUT2D eigenvalue weighted by Crippen LogP contribution is 2.20. The molecule has 0 saturated heterocycles. The van der Waals surface area contributed by atoms with Crippen molar-refractivity contribution >= 4 is 23.6 Å². The fourth-order valence-corrected chi connectivity index (χ4v) is 2.90. The molecule has 6 heteroatoms. The predicted molar refractivity (Wildman–Crippen MR) is 103 cm³/mol. The van der Waals surface area contributed by atoms with Gasteiger partial charge in [-0.1, -0.05) is 12.1 Å². The molecule has 134 valence electrons. The topological polar surface area (TPSA) is 76.5 Å². The first kappa shape index (κ1) is 16.9. The molecule has 27 heavy (non-hydrogen) atoms. The van der Waals surface area contributed by atoms with E-state index in [1.165, 1.54) is 0 Å². The molecule has 3 aromatic rings. The van der Waals surface area contributed by atoms with Crippen molar-refractivity contribution in [2.75, 3.05) is 12.4 Å². The van der Waals surface area contributed by atoms with Crippen LogP contribution in [0.5, 0.6) is 5.75 Å². The second-order valence-corrected chi connectivity index (χ2v) is 6.14. The fraction of sp³-hybridized carbons (Fsp3) is 0.143. The molecule has 1 aliphatic heterocycles. The van der Waals surface area contributed by atoms with Crippen LogP contribution in [0.25, 0.3) is 17.3 Å². The predicted octanol–water partition coefficient (Wildman–Crippen LogP) is 2.62. The Balaban J connectivity index is 1.64. The molecule has 4 rings (SSSR count). The van der Waals surface area contributed by atoms with Crippen molar-refractivity contribution in [2.45, 2.75) is 12.8 Å². The number of amides is 1. The van der Waals surface area contributed by atoms with Crippen LogP contribution in [0.4, 0.5) is 11.6 Å². The van der Waals surface area contributed by atoms with E-state index in [1.54, 1.807) is 13.3 Å². The number of hydrogen-bond acceptors (Lipinski definition) is 5. The summed E-state index contributed by atoms with van der Waals surface area (Å²) in [6.45, 7) is 0. The Morgan fingerprint density at radius 3 is 2.74 bits per heavy atom. The molecule has 1 aliphatic rings. The smallest absolute Gasteiger partial charge is 0.246 e. The van der Waals surface area contributed by atoms with Crippen molar-refractivity contribution in [3.05, 3.63) is 65.3 Å². The number of aromatic nitrogens is 2. The largest absolute Gasteiger partial charge is 0.497 e. The summed E-state index contributed by atoms with van der Waals surface area (Å²) in [5.41, 5.74) is 2.63. The molecule has 0 atom stereocenters. The number of carbonyl (C=O) groups excluding carboxylic acids is 1. The van der Waals surface area contributed by atoms with Crippen LogP contribution in [-0.2, 0) is 4.79 Å². The van der Waals surface area contributed by atoms with Crippen molar-refractivity contribution in [3.8, 4) is 17.0 Å². The summed E-state index contributed by atoms with van der Waals surface area (Å²) in [5.74, 6) is 1.22. The van der Waals surface area contributed by atoms with E-state index >= 15 is 0 Å². The Bertz CT molecular complexity index is 1110. The Morgan fingerprint density at radius 2 is 1.93 bits per heavy atom. The molecule has 0 saturated carbocycles. The lowest BCUT2D eigenvalue weighted by atomic mass is 10.1. The molecule has 1 aromatic heterocycles. The standard InChI is InChI=1S/C21H18N4O2/c1-27-17-8-6-16(7-9-17)23-21-22-12-11-19(25-21)15-5-10-18-14(13-15)3-2-4-20(26)24-18/h3,5-13H,2,4H2,1H3,(H,22,23,25). The van der Waals surface area contributed by atoms with Crippen LogP contribution in [-0.4, -0.2) is 23.0 Å². The number of fused-ring (bicyclic) bond motifs is 1. The van der Waals surface area contributed by atoms with Gasteiger partial charge in [0.1, 0.15) is 5.75 Å². The minimum Gasteiger partial charge on any atom is -0.497 e. The monoisotopic (exact) mass is 358 g/mol. The van der Waals surface area contributed by atoms with E-state index in [1.807, 2.05) is 54.6 Å². The summed E-state index contributed by atoms with van der Waals surface area (Å²) in [6.07, 6.45) is 4.92. The zero-order valence-corrected chi connectivity index (χ0v) is 14.8. The molecular formula is C21H18N4O2.